The van der Waals surface area contributed by atoms with Crippen LogP contribution in [0, 0.1) is 0 Å². The van der Waals surface area contributed by atoms with Gasteiger partial charge in [0.25, 0.3) is 0 Å². The van der Waals surface area contributed by atoms with Gasteiger partial charge in [-0.3, -0.25) is 0 Å². The van der Waals surface area contributed by atoms with E-state index in [-0.39, 0.29) is 10.7 Å². The highest BCUT2D eigenvalue weighted by Gasteiger charge is 2.23. The molecule has 13 heavy (non-hydrogen) atoms. The van der Waals surface area contributed by atoms with Crippen molar-refractivity contribution in [2.75, 3.05) is 6.61 Å². The van der Waals surface area contributed by atoms with Gasteiger partial charge in [-0.15, -0.1) is 11.8 Å². The lowest BCUT2D eigenvalue weighted by Gasteiger charge is -2.24. The van der Waals surface area contributed by atoms with Gasteiger partial charge in [0, 0.05) is 6.08 Å². The van der Waals surface area contributed by atoms with Crippen molar-refractivity contribution < 1.29 is 9.53 Å². The number of hydrogen-bond acceptors (Lipinski definition) is 3. The molecule has 0 fully saturated rings. The lowest BCUT2D eigenvalue weighted by atomic mass is 10.1. The monoisotopic (exact) mass is 196 g/mol. The maximum Gasteiger partial charge on any atom is 0.330 e. The zero-order chi connectivity index (χ0) is 9.73. The minimum absolute atomic E-state index is 0.132. The van der Waals surface area contributed by atoms with Crippen LogP contribution in [0.3, 0.4) is 0 Å². The molecule has 0 saturated carbocycles. The molecule has 0 aromatic carbocycles. The van der Waals surface area contributed by atoms with E-state index in [1.54, 1.807) is 11.8 Å². The Balaban J connectivity index is 2.44. The molecule has 1 aliphatic heterocycles. The molecule has 1 rings (SSSR count). The van der Waals surface area contributed by atoms with Crippen molar-refractivity contribution in [1.29, 1.82) is 0 Å². The van der Waals surface area contributed by atoms with Crippen LogP contribution in [0.4, 0.5) is 0 Å². The standard InChI is InChI=1S/C10H12O2S/c1-3-9(11)12-8-10(2)6-4-5-7-13-10/h3-7H,1,8H2,2H3. The van der Waals surface area contributed by atoms with Gasteiger partial charge in [-0.1, -0.05) is 24.8 Å². The molecule has 1 unspecified atom stereocenters. The molecule has 1 aliphatic rings. The number of hydrogen-bond donors (Lipinski definition) is 0. The molecule has 2 nitrogen and oxygen atoms in total. The number of thioether (sulfide) groups is 1. The van der Waals surface area contributed by atoms with E-state index in [4.69, 9.17) is 4.74 Å². The van der Waals surface area contributed by atoms with Gasteiger partial charge < -0.3 is 4.74 Å². The van der Waals surface area contributed by atoms with Crippen LogP contribution < -0.4 is 0 Å². The van der Waals surface area contributed by atoms with Gasteiger partial charge in [-0.2, -0.15) is 0 Å². The fourth-order valence-corrected chi connectivity index (χ4v) is 1.66. The van der Waals surface area contributed by atoms with Gasteiger partial charge in [-0.05, 0) is 12.3 Å². The third kappa shape index (κ3) is 3.11. The average molecular weight is 196 g/mol. The SMILES string of the molecule is C=CC(=O)OCC1(C)C=CC=CS1. The highest BCUT2D eigenvalue weighted by atomic mass is 32.2. The Labute approximate surface area is 82.3 Å². The first kappa shape index (κ1) is 10.1. The lowest BCUT2D eigenvalue weighted by molar-refractivity contribution is -0.138. The summed E-state index contributed by atoms with van der Waals surface area (Å²) in [6.07, 6.45) is 7.12. The Bertz CT molecular complexity index is 268. The van der Waals surface area contributed by atoms with Crippen LogP contribution in [-0.4, -0.2) is 17.3 Å². The summed E-state index contributed by atoms with van der Waals surface area (Å²) in [5, 5.41) is 1.99. The van der Waals surface area contributed by atoms with Crippen molar-refractivity contribution in [3.63, 3.8) is 0 Å². The Morgan fingerprint density at radius 2 is 2.46 bits per heavy atom. The molecule has 1 atom stereocenters. The van der Waals surface area contributed by atoms with Crippen LogP contribution in [0.25, 0.3) is 0 Å². The van der Waals surface area contributed by atoms with E-state index in [0.717, 1.165) is 0 Å². The lowest BCUT2D eigenvalue weighted by Crippen LogP contribution is -2.26. The molecule has 0 spiro atoms. The largest absolute Gasteiger partial charge is 0.461 e. The summed E-state index contributed by atoms with van der Waals surface area (Å²) in [6, 6.07) is 0. The predicted octanol–water partition coefficient (Wildman–Crippen LogP) is 2.29. The summed E-state index contributed by atoms with van der Waals surface area (Å²) in [5.41, 5.74) is 0. The Morgan fingerprint density at radius 3 is 3.00 bits per heavy atom. The van der Waals surface area contributed by atoms with E-state index >= 15 is 0 Å². The second kappa shape index (κ2) is 4.33. The summed E-state index contributed by atoms with van der Waals surface area (Å²) in [5.74, 6) is -0.371. The molecule has 0 saturated heterocycles. The van der Waals surface area contributed by atoms with Crippen LogP contribution in [0.15, 0.2) is 36.3 Å². The first-order valence-electron chi connectivity index (χ1n) is 3.98. The molecular formula is C10H12O2S. The van der Waals surface area contributed by atoms with Gasteiger partial charge in [0.1, 0.15) is 6.61 Å². The summed E-state index contributed by atoms with van der Waals surface area (Å²) < 4.78 is 4.84. The zero-order valence-electron chi connectivity index (χ0n) is 7.53. The zero-order valence-corrected chi connectivity index (χ0v) is 8.34. The molecule has 3 heteroatoms. The third-order valence-electron chi connectivity index (χ3n) is 1.64. The van der Waals surface area contributed by atoms with E-state index in [1.807, 2.05) is 30.6 Å². The fourth-order valence-electron chi connectivity index (χ4n) is 0.894. The van der Waals surface area contributed by atoms with Crippen LogP contribution in [-0.2, 0) is 9.53 Å². The van der Waals surface area contributed by atoms with E-state index in [0.29, 0.717) is 6.61 Å². The molecule has 0 bridgehead atoms. The maximum absolute atomic E-state index is 10.8. The number of carbonyl (C=O) groups excluding carboxylic acids is 1. The first-order chi connectivity index (χ1) is 6.16. The summed E-state index contributed by atoms with van der Waals surface area (Å²) in [6.45, 7) is 5.73. The van der Waals surface area contributed by atoms with Gasteiger partial charge in [0.15, 0.2) is 0 Å². The number of allylic oxidation sites excluding steroid dienone is 2. The number of ether oxygens (including phenoxy) is 1. The maximum atomic E-state index is 10.8. The summed E-state index contributed by atoms with van der Waals surface area (Å²) in [4.78, 5) is 10.8. The second-order valence-corrected chi connectivity index (χ2v) is 4.37. The Hall–Kier alpha value is -0.960. The van der Waals surface area contributed by atoms with Gasteiger partial charge in [-0.25, -0.2) is 4.79 Å². The third-order valence-corrected chi connectivity index (χ3v) is 2.73. The van der Waals surface area contributed by atoms with Crippen LogP contribution in [0.1, 0.15) is 6.92 Å². The van der Waals surface area contributed by atoms with E-state index < -0.39 is 0 Å². The van der Waals surface area contributed by atoms with Crippen molar-refractivity contribution in [2.24, 2.45) is 0 Å². The number of rotatable bonds is 3. The summed E-state index contributed by atoms with van der Waals surface area (Å²) >= 11 is 1.64. The molecular weight excluding hydrogens is 184 g/mol. The van der Waals surface area contributed by atoms with Crippen molar-refractivity contribution in [3.8, 4) is 0 Å². The quantitative estimate of drug-likeness (QED) is 0.511. The molecule has 0 N–H and O–H groups in total. The molecule has 0 radical (unpaired) electrons. The highest BCUT2D eigenvalue weighted by Crippen LogP contribution is 2.30. The van der Waals surface area contributed by atoms with E-state index in [9.17, 15) is 4.79 Å². The smallest absolute Gasteiger partial charge is 0.330 e. The highest BCUT2D eigenvalue weighted by molar-refractivity contribution is 8.03. The number of esters is 1. The minimum atomic E-state index is -0.371. The molecule has 70 valence electrons. The average Bonchev–Trinajstić information content (AvgIpc) is 2.15. The topological polar surface area (TPSA) is 26.3 Å². The first-order valence-corrected chi connectivity index (χ1v) is 4.86. The number of carbonyl (C=O) groups is 1. The van der Waals surface area contributed by atoms with E-state index in [1.165, 1.54) is 6.08 Å². The molecule has 0 aromatic rings. The van der Waals surface area contributed by atoms with Crippen molar-refractivity contribution in [1.82, 2.24) is 0 Å². The Morgan fingerprint density at radius 1 is 1.69 bits per heavy atom. The molecule has 0 aliphatic carbocycles. The van der Waals surface area contributed by atoms with Gasteiger partial charge >= 0.3 is 5.97 Å². The Kier molecular flexibility index (Phi) is 3.37. The van der Waals surface area contributed by atoms with Crippen LogP contribution in [0.5, 0.6) is 0 Å². The van der Waals surface area contributed by atoms with Crippen molar-refractivity contribution in [2.45, 2.75) is 11.7 Å². The molecule has 0 aromatic heterocycles. The van der Waals surface area contributed by atoms with E-state index in [2.05, 4.69) is 6.58 Å². The summed E-state index contributed by atoms with van der Waals surface area (Å²) in [7, 11) is 0. The minimum Gasteiger partial charge on any atom is -0.461 e. The van der Waals surface area contributed by atoms with Gasteiger partial charge in [0.2, 0.25) is 0 Å². The van der Waals surface area contributed by atoms with Gasteiger partial charge in [0.05, 0.1) is 4.75 Å². The van der Waals surface area contributed by atoms with Crippen LogP contribution >= 0.6 is 11.8 Å². The van der Waals surface area contributed by atoms with Crippen molar-refractivity contribution >= 4 is 17.7 Å². The second-order valence-electron chi connectivity index (χ2n) is 2.93. The predicted molar refractivity (Wildman–Crippen MR) is 55.4 cm³/mol. The normalized spacial score (nSPS) is 25.6. The van der Waals surface area contributed by atoms with Crippen LogP contribution in [0.2, 0.25) is 0 Å². The fraction of sp³-hybridized carbons (Fsp3) is 0.300. The molecule has 0 amide bonds. The van der Waals surface area contributed by atoms with Crippen molar-refractivity contribution in [3.05, 3.63) is 36.3 Å². The molecule has 1 heterocycles.